The first-order valence-electron chi connectivity index (χ1n) is 6.37. The summed E-state index contributed by atoms with van der Waals surface area (Å²) in [6.07, 6.45) is 7.40. The highest BCUT2D eigenvalue weighted by molar-refractivity contribution is 9.10. The maximum Gasteiger partial charge on any atom is 0.223 e. The number of rotatable bonds is 5. The predicted octanol–water partition coefficient (Wildman–Crippen LogP) is 3.94. The van der Waals surface area contributed by atoms with Crippen molar-refractivity contribution in [1.29, 1.82) is 0 Å². The Morgan fingerprint density at radius 1 is 1.30 bits per heavy atom. The lowest BCUT2D eigenvalue weighted by atomic mass is 10.2. The number of hydrogen-bond donors (Lipinski definition) is 1. The summed E-state index contributed by atoms with van der Waals surface area (Å²) < 4.78 is 6.71. The Bertz CT molecular complexity index is 619. The lowest BCUT2D eigenvalue weighted by Gasteiger charge is -2.11. The molecule has 0 radical (unpaired) electrons. The minimum atomic E-state index is 0.539. The van der Waals surface area contributed by atoms with Gasteiger partial charge in [0, 0.05) is 41.1 Å². The van der Waals surface area contributed by atoms with Gasteiger partial charge in [-0.3, -0.25) is 4.98 Å². The molecule has 2 aromatic rings. The first-order chi connectivity index (χ1) is 9.70. The van der Waals surface area contributed by atoms with Crippen LogP contribution in [-0.2, 0) is 6.54 Å². The number of ether oxygens (including phenoxy) is 1. The summed E-state index contributed by atoms with van der Waals surface area (Å²) in [6, 6.07) is 4.36. The van der Waals surface area contributed by atoms with E-state index in [9.17, 15) is 0 Å². The molecule has 1 saturated carbocycles. The van der Waals surface area contributed by atoms with Crippen molar-refractivity contribution in [3.05, 3.63) is 45.8 Å². The lowest BCUT2D eigenvalue weighted by Crippen LogP contribution is -2.16. The average molecular weight is 355 g/mol. The maximum absolute atomic E-state index is 5.90. The zero-order chi connectivity index (χ0) is 13.9. The first-order valence-corrected chi connectivity index (χ1v) is 7.54. The Hall–Kier alpha value is -1.17. The van der Waals surface area contributed by atoms with E-state index in [1.54, 1.807) is 24.7 Å². The van der Waals surface area contributed by atoms with E-state index in [1.807, 2.05) is 6.07 Å². The second-order valence-electron chi connectivity index (χ2n) is 4.71. The van der Waals surface area contributed by atoms with Crippen molar-refractivity contribution in [1.82, 2.24) is 15.3 Å². The number of aromatic nitrogens is 2. The van der Waals surface area contributed by atoms with Crippen LogP contribution in [0.1, 0.15) is 18.4 Å². The van der Waals surface area contributed by atoms with Gasteiger partial charge in [-0.1, -0.05) is 11.6 Å². The van der Waals surface area contributed by atoms with Crippen LogP contribution >= 0.6 is 27.5 Å². The highest BCUT2D eigenvalue weighted by atomic mass is 79.9. The van der Waals surface area contributed by atoms with Crippen molar-refractivity contribution in [2.24, 2.45) is 0 Å². The Morgan fingerprint density at radius 3 is 2.90 bits per heavy atom. The number of hydrogen-bond acceptors (Lipinski definition) is 4. The SMILES string of the molecule is Clc1cncc(Oc2ncc(Br)cc2CNC2CC2)c1. The van der Waals surface area contributed by atoms with Gasteiger partial charge < -0.3 is 10.1 Å². The topological polar surface area (TPSA) is 47.0 Å². The molecule has 0 atom stereocenters. The summed E-state index contributed by atoms with van der Waals surface area (Å²) >= 11 is 9.34. The fraction of sp³-hybridized carbons (Fsp3) is 0.286. The standard InChI is InChI=1S/C14H13BrClN3O/c15-10-3-9(5-18-12-1-2-12)14(19-6-10)20-13-4-11(16)7-17-8-13/h3-4,6-8,12,18H,1-2,5H2. The summed E-state index contributed by atoms with van der Waals surface area (Å²) in [5.74, 6) is 1.16. The summed E-state index contributed by atoms with van der Waals surface area (Å²) in [5.41, 5.74) is 1.01. The van der Waals surface area contributed by atoms with Crippen LogP contribution in [0.3, 0.4) is 0 Å². The van der Waals surface area contributed by atoms with Gasteiger partial charge in [0.1, 0.15) is 5.75 Å². The molecule has 0 unspecified atom stereocenters. The third kappa shape index (κ3) is 3.69. The highest BCUT2D eigenvalue weighted by Crippen LogP contribution is 2.27. The van der Waals surface area contributed by atoms with Crippen LogP contribution in [0.4, 0.5) is 0 Å². The largest absolute Gasteiger partial charge is 0.437 e. The Kier molecular flexibility index (Phi) is 4.19. The third-order valence-electron chi connectivity index (χ3n) is 2.94. The number of pyridine rings is 2. The van der Waals surface area contributed by atoms with Crippen LogP contribution < -0.4 is 10.1 Å². The van der Waals surface area contributed by atoms with E-state index in [0.717, 1.165) is 16.6 Å². The van der Waals surface area contributed by atoms with E-state index in [1.165, 1.54) is 12.8 Å². The molecule has 6 heteroatoms. The Labute approximate surface area is 130 Å². The second-order valence-corrected chi connectivity index (χ2v) is 6.07. The zero-order valence-electron chi connectivity index (χ0n) is 10.6. The van der Waals surface area contributed by atoms with Crippen molar-refractivity contribution >= 4 is 27.5 Å². The van der Waals surface area contributed by atoms with Crippen molar-refractivity contribution in [2.75, 3.05) is 0 Å². The van der Waals surface area contributed by atoms with Crippen LogP contribution in [0.15, 0.2) is 35.2 Å². The minimum absolute atomic E-state index is 0.539. The molecular formula is C14H13BrClN3O. The van der Waals surface area contributed by atoms with E-state index in [4.69, 9.17) is 16.3 Å². The van der Waals surface area contributed by atoms with Crippen LogP contribution in [0.5, 0.6) is 11.6 Å². The second kappa shape index (κ2) is 6.08. The van der Waals surface area contributed by atoms with Crippen LogP contribution in [-0.4, -0.2) is 16.0 Å². The van der Waals surface area contributed by atoms with E-state index < -0.39 is 0 Å². The van der Waals surface area contributed by atoms with Crippen molar-refractivity contribution in [2.45, 2.75) is 25.4 Å². The van der Waals surface area contributed by atoms with Gasteiger partial charge in [0.2, 0.25) is 5.88 Å². The van der Waals surface area contributed by atoms with E-state index >= 15 is 0 Å². The van der Waals surface area contributed by atoms with Gasteiger partial charge in [0.25, 0.3) is 0 Å². The van der Waals surface area contributed by atoms with Gasteiger partial charge >= 0.3 is 0 Å². The number of nitrogens with one attached hydrogen (secondary N) is 1. The van der Waals surface area contributed by atoms with Crippen molar-refractivity contribution < 1.29 is 4.74 Å². The summed E-state index contributed by atoms with van der Waals surface area (Å²) in [5, 5.41) is 3.99. The molecule has 0 aromatic carbocycles. The molecule has 1 fully saturated rings. The molecule has 0 aliphatic heterocycles. The normalized spacial score (nSPS) is 14.3. The number of nitrogens with zero attached hydrogens (tertiary/aromatic N) is 2. The van der Waals surface area contributed by atoms with E-state index in [-0.39, 0.29) is 0 Å². The third-order valence-corrected chi connectivity index (χ3v) is 3.59. The Morgan fingerprint density at radius 2 is 2.15 bits per heavy atom. The molecule has 0 saturated heterocycles. The maximum atomic E-state index is 5.90. The fourth-order valence-electron chi connectivity index (χ4n) is 1.79. The molecule has 104 valence electrons. The molecule has 0 amide bonds. The average Bonchev–Trinajstić information content (AvgIpc) is 3.23. The van der Waals surface area contributed by atoms with Gasteiger partial charge in [-0.25, -0.2) is 4.98 Å². The molecule has 1 aliphatic carbocycles. The molecule has 0 spiro atoms. The number of halogens is 2. The molecule has 20 heavy (non-hydrogen) atoms. The summed E-state index contributed by atoms with van der Waals surface area (Å²) in [6.45, 7) is 0.737. The molecule has 3 rings (SSSR count). The quantitative estimate of drug-likeness (QED) is 0.883. The van der Waals surface area contributed by atoms with Crippen molar-refractivity contribution in [3.63, 3.8) is 0 Å². The fourth-order valence-corrected chi connectivity index (χ4v) is 2.33. The summed E-state index contributed by atoms with van der Waals surface area (Å²) in [4.78, 5) is 8.32. The summed E-state index contributed by atoms with van der Waals surface area (Å²) in [7, 11) is 0. The molecule has 4 nitrogen and oxygen atoms in total. The smallest absolute Gasteiger partial charge is 0.223 e. The predicted molar refractivity (Wildman–Crippen MR) is 81.1 cm³/mol. The van der Waals surface area contributed by atoms with Gasteiger partial charge in [-0.2, -0.15) is 0 Å². The highest BCUT2D eigenvalue weighted by Gasteiger charge is 2.21. The van der Waals surface area contributed by atoms with E-state index in [2.05, 4.69) is 31.2 Å². The molecule has 0 bridgehead atoms. The van der Waals surface area contributed by atoms with Crippen LogP contribution in [0.2, 0.25) is 5.02 Å². The molecule has 2 heterocycles. The van der Waals surface area contributed by atoms with Gasteiger partial charge in [-0.15, -0.1) is 0 Å². The lowest BCUT2D eigenvalue weighted by molar-refractivity contribution is 0.450. The minimum Gasteiger partial charge on any atom is -0.437 e. The van der Waals surface area contributed by atoms with E-state index in [0.29, 0.717) is 22.7 Å². The van der Waals surface area contributed by atoms with Crippen LogP contribution in [0.25, 0.3) is 0 Å². The van der Waals surface area contributed by atoms with Crippen LogP contribution in [0, 0.1) is 0 Å². The van der Waals surface area contributed by atoms with Gasteiger partial charge in [0.05, 0.1) is 11.2 Å². The van der Waals surface area contributed by atoms with Crippen molar-refractivity contribution in [3.8, 4) is 11.6 Å². The van der Waals surface area contributed by atoms with Gasteiger partial charge in [0.15, 0.2) is 0 Å². The molecule has 1 N–H and O–H groups in total. The molecular weight excluding hydrogens is 342 g/mol. The zero-order valence-corrected chi connectivity index (χ0v) is 13.0. The van der Waals surface area contributed by atoms with Gasteiger partial charge in [-0.05, 0) is 34.8 Å². The first kappa shape index (κ1) is 13.8. The molecule has 2 aromatic heterocycles. The monoisotopic (exact) mass is 353 g/mol. The Balaban J connectivity index is 1.79. The molecule has 1 aliphatic rings.